The number of benzene rings is 2. The Hall–Kier alpha value is -4.49. The van der Waals surface area contributed by atoms with Crippen molar-refractivity contribution in [1.29, 1.82) is 0 Å². The van der Waals surface area contributed by atoms with E-state index in [4.69, 9.17) is 14.7 Å². The smallest absolute Gasteiger partial charge is 0.296 e. The van der Waals surface area contributed by atoms with Crippen LogP contribution >= 0.6 is 0 Å². The Bertz CT molecular complexity index is 1580. The molecule has 4 aromatic rings. The first kappa shape index (κ1) is 27.7. The number of para-hydroxylation sites is 2. The summed E-state index contributed by atoms with van der Waals surface area (Å²) in [6.45, 7) is 2.90. The highest BCUT2D eigenvalue weighted by molar-refractivity contribution is 5.95. The van der Waals surface area contributed by atoms with Gasteiger partial charge in [0.25, 0.3) is 6.43 Å². The van der Waals surface area contributed by atoms with Crippen molar-refractivity contribution in [2.45, 2.75) is 25.3 Å². The number of morpholine rings is 1. The van der Waals surface area contributed by atoms with E-state index in [0.717, 1.165) is 19.4 Å². The minimum absolute atomic E-state index is 0.0860. The lowest BCUT2D eigenvalue weighted by atomic mass is 10.1. The molecule has 13 heteroatoms. The highest BCUT2D eigenvalue weighted by Crippen LogP contribution is 2.30. The molecule has 11 nitrogen and oxygen atoms in total. The van der Waals surface area contributed by atoms with Crippen molar-refractivity contribution in [3.8, 4) is 17.2 Å². The van der Waals surface area contributed by atoms with Crippen LogP contribution in [0.1, 0.15) is 25.1 Å². The summed E-state index contributed by atoms with van der Waals surface area (Å²) in [6.07, 6.45) is -1.14. The molecule has 0 radical (unpaired) electrons. The number of aromatic nitrogens is 4. The molecule has 42 heavy (non-hydrogen) atoms. The number of nitrogens with one attached hydrogen (secondary N) is 3. The van der Waals surface area contributed by atoms with Crippen LogP contribution in [-0.4, -0.2) is 76.8 Å². The second kappa shape index (κ2) is 12.2. The van der Waals surface area contributed by atoms with Crippen LogP contribution < -0.4 is 20.9 Å². The van der Waals surface area contributed by atoms with Gasteiger partial charge in [0.15, 0.2) is 5.82 Å². The molecule has 2 fully saturated rings. The molecule has 2 saturated heterocycles. The number of alkyl halides is 2. The second-order valence-electron chi connectivity index (χ2n) is 10.1. The fourth-order valence-corrected chi connectivity index (χ4v) is 5.15. The molecule has 4 heterocycles. The Morgan fingerprint density at radius 3 is 2.57 bits per heavy atom. The molecule has 0 bridgehead atoms. The predicted molar refractivity (Wildman–Crippen MR) is 153 cm³/mol. The zero-order chi connectivity index (χ0) is 29.1. The Kier molecular flexibility index (Phi) is 8.02. The van der Waals surface area contributed by atoms with E-state index < -0.39 is 12.2 Å². The van der Waals surface area contributed by atoms with Crippen LogP contribution in [0, 0.1) is 0 Å². The maximum atomic E-state index is 14.1. The number of imidazole rings is 1. The normalized spacial score (nSPS) is 17.1. The Morgan fingerprint density at radius 2 is 1.83 bits per heavy atom. The van der Waals surface area contributed by atoms with Crippen LogP contribution in [0.2, 0.25) is 0 Å². The van der Waals surface area contributed by atoms with Gasteiger partial charge in [0, 0.05) is 30.4 Å². The number of halogens is 2. The van der Waals surface area contributed by atoms with Gasteiger partial charge in [0.1, 0.15) is 5.82 Å². The topological polar surface area (TPSA) is 126 Å². The molecule has 0 aliphatic carbocycles. The van der Waals surface area contributed by atoms with E-state index >= 15 is 0 Å². The zero-order valence-electron chi connectivity index (χ0n) is 22.7. The van der Waals surface area contributed by atoms with Gasteiger partial charge in [-0.05, 0) is 43.7 Å². The van der Waals surface area contributed by atoms with E-state index in [-0.39, 0.29) is 30.3 Å². The summed E-state index contributed by atoms with van der Waals surface area (Å²) in [5.74, 6) is -0.298. The summed E-state index contributed by atoms with van der Waals surface area (Å²) in [4.78, 5) is 40.2. The summed E-state index contributed by atoms with van der Waals surface area (Å²) in [5.41, 5.74) is 2.67. The lowest BCUT2D eigenvalue weighted by molar-refractivity contribution is -0.125. The third-order valence-corrected chi connectivity index (χ3v) is 7.28. The first-order valence-electron chi connectivity index (χ1n) is 13.9. The number of rotatable bonds is 8. The number of hydrogen-bond acceptors (Lipinski definition) is 8. The number of fused-ring (bicyclic) bond motifs is 1. The van der Waals surface area contributed by atoms with Gasteiger partial charge in [-0.1, -0.05) is 24.3 Å². The molecule has 2 aliphatic rings. The molecule has 6 rings (SSSR count). The van der Waals surface area contributed by atoms with Gasteiger partial charge in [0.2, 0.25) is 17.8 Å². The van der Waals surface area contributed by atoms with Crippen LogP contribution in [0.3, 0.4) is 0 Å². The van der Waals surface area contributed by atoms with Crippen LogP contribution in [-0.2, 0) is 14.3 Å². The molecule has 2 aliphatic heterocycles. The third-order valence-electron chi connectivity index (χ3n) is 7.28. The molecule has 0 spiro atoms. The van der Waals surface area contributed by atoms with Gasteiger partial charge in [0.05, 0.1) is 42.5 Å². The summed E-state index contributed by atoms with van der Waals surface area (Å²) < 4.78 is 35.0. The number of amides is 2. The number of carbonyl (C=O) groups is 2. The Morgan fingerprint density at radius 1 is 1.05 bits per heavy atom. The highest BCUT2D eigenvalue weighted by Gasteiger charge is 2.24. The van der Waals surface area contributed by atoms with E-state index in [1.165, 1.54) is 4.57 Å². The van der Waals surface area contributed by atoms with Crippen molar-refractivity contribution in [2.75, 3.05) is 49.6 Å². The number of nitrogens with zero attached hydrogens (tertiary/aromatic N) is 5. The van der Waals surface area contributed by atoms with Crippen molar-refractivity contribution in [1.82, 2.24) is 30.2 Å². The standard InChI is InChI=1S/C29H30F2N8O3/c30-26(31)27-35-20-4-1-2-6-23(20)39(27)29-36-22(16-24(37-29)38-12-14-42-15-13-38)18-7-9-19(10-8-18)34-25(40)17-33-28(41)21-5-3-11-32-21/h1-2,4,6-10,16,21,26,32H,3,5,11-15,17H2,(H,33,41)(H,34,40). The van der Waals surface area contributed by atoms with E-state index in [9.17, 15) is 18.4 Å². The number of carbonyl (C=O) groups excluding carboxylic acids is 2. The molecule has 0 saturated carbocycles. The zero-order valence-corrected chi connectivity index (χ0v) is 22.7. The molecule has 2 aromatic carbocycles. The van der Waals surface area contributed by atoms with Crippen LogP contribution in [0.5, 0.6) is 0 Å². The molecule has 2 amide bonds. The van der Waals surface area contributed by atoms with Crippen molar-refractivity contribution < 1.29 is 23.1 Å². The first-order chi connectivity index (χ1) is 20.5. The van der Waals surface area contributed by atoms with Gasteiger partial charge in [-0.15, -0.1) is 0 Å². The maximum Gasteiger partial charge on any atom is 0.296 e. The fraction of sp³-hybridized carbons (Fsp3) is 0.345. The molecule has 2 aromatic heterocycles. The van der Waals surface area contributed by atoms with Crippen LogP contribution in [0.15, 0.2) is 54.6 Å². The summed E-state index contributed by atoms with van der Waals surface area (Å²) in [6, 6.07) is 15.5. The van der Waals surface area contributed by atoms with Crippen molar-refractivity contribution >= 4 is 34.4 Å². The SMILES string of the molecule is O=C(CNC(=O)C1CCCN1)Nc1ccc(-c2cc(N3CCOCC3)nc(-n3c(C(F)F)nc4ccccc43)n2)cc1. The van der Waals surface area contributed by atoms with Gasteiger partial charge in [-0.3, -0.25) is 14.2 Å². The molecular weight excluding hydrogens is 546 g/mol. The van der Waals surface area contributed by atoms with Gasteiger partial charge < -0.3 is 25.6 Å². The van der Waals surface area contributed by atoms with E-state index in [1.54, 1.807) is 48.5 Å². The Balaban J connectivity index is 1.28. The second-order valence-corrected chi connectivity index (χ2v) is 10.1. The van der Waals surface area contributed by atoms with Gasteiger partial charge >= 0.3 is 0 Å². The quantitative estimate of drug-likeness (QED) is 0.292. The first-order valence-corrected chi connectivity index (χ1v) is 13.9. The Labute approximate surface area is 240 Å². The van der Waals surface area contributed by atoms with Gasteiger partial charge in [-0.2, -0.15) is 4.98 Å². The van der Waals surface area contributed by atoms with Gasteiger partial charge in [-0.25, -0.2) is 18.7 Å². The number of anilines is 2. The molecular formula is C29H30F2N8O3. The van der Waals surface area contributed by atoms with Crippen molar-refractivity contribution in [3.63, 3.8) is 0 Å². The monoisotopic (exact) mass is 576 g/mol. The molecule has 1 unspecified atom stereocenters. The summed E-state index contributed by atoms with van der Waals surface area (Å²) in [5, 5.41) is 8.54. The minimum Gasteiger partial charge on any atom is -0.378 e. The summed E-state index contributed by atoms with van der Waals surface area (Å²) in [7, 11) is 0. The maximum absolute atomic E-state index is 14.1. The van der Waals surface area contributed by atoms with Crippen LogP contribution in [0.4, 0.5) is 20.3 Å². The van der Waals surface area contributed by atoms with Crippen molar-refractivity contribution in [3.05, 3.63) is 60.4 Å². The molecule has 218 valence electrons. The number of ether oxygens (including phenoxy) is 1. The summed E-state index contributed by atoms with van der Waals surface area (Å²) >= 11 is 0. The third kappa shape index (κ3) is 5.92. The molecule has 3 N–H and O–H groups in total. The average Bonchev–Trinajstić information content (AvgIpc) is 3.70. The molecule has 1 atom stereocenters. The highest BCUT2D eigenvalue weighted by atomic mass is 19.3. The van der Waals surface area contributed by atoms with E-state index in [0.29, 0.717) is 60.1 Å². The lowest BCUT2D eigenvalue weighted by Gasteiger charge is -2.28. The van der Waals surface area contributed by atoms with Crippen molar-refractivity contribution in [2.24, 2.45) is 0 Å². The fourth-order valence-electron chi connectivity index (χ4n) is 5.15. The predicted octanol–water partition coefficient (Wildman–Crippen LogP) is 3.06. The van der Waals surface area contributed by atoms with Crippen LogP contribution in [0.25, 0.3) is 28.2 Å². The van der Waals surface area contributed by atoms with E-state index in [2.05, 4.69) is 20.9 Å². The largest absolute Gasteiger partial charge is 0.378 e. The number of hydrogen-bond donors (Lipinski definition) is 3. The average molecular weight is 577 g/mol. The van der Waals surface area contributed by atoms with E-state index in [1.807, 2.05) is 11.0 Å². The lowest BCUT2D eigenvalue weighted by Crippen LogP contribution is -2.43. The minimum atomic E-state index is -2.83.